The van der Waals surface area contributed by atoms with Gasteiger partial charge in [0.05, 0.1) is 17.4 Å². The number of aromatic nitrogens is 1. The minimum Gasteiger partial charge on any atom is -0.486 e. The fourth-order valence-electron chi connectivity index (χ4n) is 2.64. The van der Waals surface area contributed by atoms with Crippen molar-refractivity contribution in [2.75, 3.05) is 23.8 Å². The fourth-order valence-corrected chi connectivity index (χ4v) is 2.64. The molecule has 1 aromatic heterocycles. The smallest absolute Gasteiger partial charge is 0.257 e. The average Bonchev–Trinajstić information content (AvgIpc) is 2.69. The number of carbonyl (C=O) groups excluding carboxylic acids is 1. The van der Waals surface area contributed by atoms with E-state index in [4.69, 9.17) is 9.47 Å². The highest BCUT2D eigenvalue weighted by Crippen LogP contribution is 2.33. The molecule has 3 aromatic rings. The van der Waals surface area contributed by atoms with Crippen LogP contribution in [0.3, 0.4) is 0 Å². The van der Waals surface area contributed by atoms with Gasteiger partial charge in [-0.1, -0.05) is 18.2 Å². The quantitative estimate of drug-likeness (QED) is 0.750. The molecular weight excluding hydrogens is 330 g/mol. The second-order valence-corrected chi connectivity index (χ2v) is 5.77. The molecule has 2 N–H and O–H groups in total. The molecule has 26 heavy (non-hydrogen) atoms. The van der Waals surface area contributed by atoms with Crippen LogP contribution in [-0.2, 0) is 0 Å². The van der Waals surface area contributed by atoms with Crippen LogP contribution in [0, 0.1) is 0 Å². The topological polar surface area (TPSA) is 72.5 Å². The molecule has 4 rings (SSSR count). The van der Waals surface area contributed by atoms with E-state index >= 15 is 0 Å². The first-order valence-corrected chi connectivity index (χ1v) is 8.26. The van der Waals surface area contributed by atoms with Crippen LogP contribution in [0.2, 0.25) is 0 Å². The Kier molecular flexibility index (Phi) is 4.38. The Labute approximate surface area is 150 Å². The van der Waals surface area contributed by atoms with Crippen LogP contribution < -0.4 is 20.1 Å². The first-order chi connectivity index (χ1) is 12.8. The molecule has 0 saturated heterocycles. The standard InChI is InChI=1S/C20H17N3O3/c24-20(23-15-4-2-1-3-5-15)14-10-17(13-21-12-14)22-16-6-7-18-19(11-16)26-9-8-25-18/h1-7,10-13,22H,8-9H2,(H,23,24). The number of para-hydroxylation sites is 1. The zero-order valence-corrected chi connectivity index (χ0v) is 13.9. The molecule has 0 atom stereocenters. The van der Waals surface area contributed by atoms with E-state index in [0.29, 0.717) is 30.2 Å². The molecule has 1 aliphatic rings. The second-order valence-electron chi connectivity index (χ2n) is 5.77. The molecular formula is C20H17N3O3. The van der Waals surface area contributed by atoms with E-state index in [-0.39, 0.29) is 5.91 Å². The third-order valence-electron chi connectivity index (χ3n) is 3.86. The molecule has 130 valence electrons. The average molecular weight is 347 g/mol. The summed E-state index contributed by atoms with van der Waals surface area (Å²) in [6.07, 6.45) is 3.20. The zero-order chi connectivity index (χ0) is 17.8. The van der Waals surface area contributed by atoms with Crippen LogP contribution in [0.5, 0.6) is 11.5 Å². The van der Waals surface area contributed by atoms with Gasteiger partial charge in [-0.25, -0.2) is 0 Å². The van der Waals surface area contributed by atoms with Crippen molar-refractivity contribution < 1.29 is 14.3 Å². The van der Waals surface area contributed by atoms with Crippen molar-refractivity contribution in [2.24, 2.45) is 0 Å². The van der Waals surface area contributed by atoms with E-state index in [1.54, 1.807) is 12.3 Å². The van der Waals surface area contributed by atoms with Crippen LogP contribution in [-0.4, -0.2) is 24.1 Å². The Balaban J connectivity index is 1.50. The Bertz CT molecular complexity index is 929. The normalized spacial score (nSPS) is 12.3. The number of amides is 1. The minimum absolute atomic E-state index is 0.213. The molecule has 6 nitrogen and oxygen atoms in total. The molecule has 0 aliphatic carbocycles. The van der Waals surface area contributed by atoms with Crippen molar-refractivity contribution in [2.45, 2.75) is 0 Å². The summed E-state index contributed by atoms with van der Waals surface area (Å²) in [7, 11) is 0. The Morgan fingerprint density at radius 2 is 1.65 bits per heavy atom. The van der Waals surface area contributed by atoms with Crippen molar-refractivity contribution >= 4 is 23.0 Å². The first-order valence-electron chi connectivity index (χ1n) is 8.26. The SMILES string of the molecule is O=C(Nc1ccccc1)c1cncc(Nc2ccc3c(c2)OCCO3)c1. The van der Waals surface area contributed by atoms with Gasteiger partial charge in [-0.05, 0) is 30.3 Å². The number of ether oxygens (including phenoxy) is 2. The van der Waals surface area contributed by atoms with Gasteiger partial charge in [0.15, 0.2) is 11.5 Å². The lowest BCUT2D eigenvalue weighted by atomic mass is 10.2. The summed E-state index contributed by atoms with van der Waals surface area (Å²) < 4.78 is 11.1. The van der Waals surface area contributed by atoms with Crippen molar-refractivity contribution in [3.63, 3.8) is 0 Å². The van der Waals surface area contributed by atoms with Crippen LogP contribution in [0.4, 0.5) is 17.1 Å². The van der Waals surface area contributed by atoms with E-state index < -0.39 is 0 Å². The highest BCUT2D eigenvalue weighted by molar-refractivity contribution is 6.04. The molecule has 0 saturated carbocycles. The van der Waals surface area contributed by atoms with E-state index in [9.17, 15) is 4.79 Å². The highest BCUT2D eigenvalue weighted by atomic mass is 16.6. The van der Waals surface area contributed by atoms with Crippen LogP contribution in [0.15, 0.2) is 67.0 Å². The maximum absolute atomic E-state index is 12.4. The molecule has 2 aromatic carbocycles. The maximum atomic E-state index is 12.4. The lowest BCUT2D eigenvalue weighted by molar-refractivity contribution is 0.102. The molecule has 0 spiro atoms. The summed E-state index contributed by atoms with van der Waals surface area (Å²) >= 11 is 0. The van der Waals surface area contributed by atoms with Crippen LogP contribution >= 0.6 is 0 Å². The second kappa shape index (κ2) is 7.14. The van der Waals surface area contributed by atoms with Crippen molar-refractivity contribution in [1.29, 1.82) is 0 Å². The van der Waals surface area contributed by atoms with Crippen LogP contribution in [0.1, 0.15) is 10.4 Å². The van der Waals surface area contributed by atoms with Gasteiger partial charge in [0, 0.05) is 23.6 Å². The number of rotatable bonds is 4. The Morgan fingerprint density at radius 1 is 0.846 bits per heavy atom. The van der Waals surface area contributed by atoms with Gasteiger partial charge in [0.25, 0.3) is 5.91 Å². The summed E-state index contributed by atoms with van der Waals surface area (Å²) in [5.41, 5.74) is 2.75. The van der Waals surface area contributed by atoms with Crippen molar-refractivity contribution in [3.05, 3.63) is 72.6 Å². The summed E-state index contributed by atoms with van der Waals surface area (Å²) in [5.74, 6) is 1.22. The van der Waals surface area contributed by atoms with Gasteiger partial charge in [0.2, 0.25) is 0 Å². The van der Waals surface area contributed by atoms with E-state index in [2.05, 4.69) is 15.6 Å². The number of hydrogen-bond acceptors (Lipinski definition) is 5. The third kappa shape index (κ3) is 3.59. The van der Waals surface area contributed by atoms with Gasteiger partial charge < -0.3 is 20.1 Å². The Hall–Kier alpha value is -3.54. The molecule has 1 amide bonds. The number of benzene rings is 2. The Morgan fingerprint density at radius 3 is 2.50 bits per heavy atom. The van der Waals surface area contributed by atoms with Crippen molar-refractivity contribution in [3.8, 4) is 11.5 Å². The number of fused-ring (bicyclic) bond motifs is 1. The van der Waals surface area contributed by atoms with E-state index in [1.165, 1.54) is 6.20 Å². The lowest BCUT2D eigenvalue weighted by Gasteiger charge is -2.19. The number of nitrogens with one attached hydrogen (secondary N) is 2. The van der Waals surface area contributed by atoms with E-state index in [0.717, 1.165) is 17.1 Å². The maximum Gasteiger partial charge on any atom is 0.257 e. The number of carbonyl (C=O) groups is 1. The van der Waals surface area contributed by atoms with Gasteiger partial charge in [-0.2, -0.15) is 0 Å². The molecule has 0 bridgehead atoms. The zero-order valence-electron chi connectivity index (χ0n) is 13.9. The predicted octanol–water partition coefficient (Wildman–Crippen LogP) is 3.85. The van der Waals surface area contributed by atoms with Gasteiger partial charge in [-0.3, -0.25) is 9.78 Å². The third-order valence-corrected chi connectivity index (χ3v) is 3.86. The van der Waals surface area contributed by atoms with Gasteiger partial charge >= 0.3 is 0 Å². The fraction of sp³-hybridized carbons (Fsp3) is 0.100. The predicted molar refractivity (Wildman–Crippen MR) is 99.3 cm³/mol. The largest absolute Gasteiger partial charge is 0.486 e. The summed E-state index contributed by atoms with van der Waals surface area (Å²) in [4.78, 5) is 16.5. The number of nitrogens with zero attached hydrogens (tertiary/aromatic N) is 1. The lowest BCUT2D eigenvalue weighted by Crippen LogP contribution is -2.15. The van der Waals surface area contributed by atoms with Crippen LogP contribution in [0.25, 0.3) is 0 Å². The summed E-state index contributed by atoms with van der Waals surface area (Å²) in [5, 5.41) is 6.08. The van der Waals surface area contributed by atoms with Gasteiger partial charge in [0.1, 0.15) is 13.2 Å². The molecule has 1 aliphatic heterocycles. The minimum atomic E-state index is -0.213. The molecule has 0 fully saturated rings. The van der Waals surface area contributed by atoms with Gasteiger partial charge in [-0.15, -0.1) is 0 Å². The van der Waals surface area contributed by atoms with E-state index in [1.807, 2.05) is 48.5 Å². The number of anilines is 3. The molecule has 0 unspecified atom stereocenters. The number of hydrogen-bond donors (Lipinski definition) is 2. The molecule has 0 radical (unpaired) electrons. The number of pyridine rings is 1. The highest BCUT2D eigenvalue weighted by Gasteiger charge is 2.12. The molecule has 6 heteroatoms. The summed E-state index contributed by atoms with van der Waals surface area (Å²) in [6, 6.07) is 16.7. The first kappa shape index (κ1) is 16.0. The monoisotopic (exact) mass is 347 g/mol. The summed E-state index contributed by atoms with van der Waals surface area (Å²) in [6.45, 7) is 1.09. The van der Waals surface area contributed by atoms with Crippen molar-refractivity contribution in [1.82, 2.24) is 4.98 Å². The molecule has 2 heterocycles.